The van der Waals surface area contributed by atoms with E-state index in [1.165, 1.54) is 18.4 Å². The Balaban J connectivity index is 2.16. The van der Waals surface area contributed by atoms with Gasteiger partial charge in [0.15, 0.2) is 0 Å². The molecule has 1 aromatic heterocycles. The van der Waals surface area contributed by atoms with Gasteiger partial charge >= 0.3 is 0 Å². The molecule has 0 spiro atoms. The number of hydrogen-bond donors (Lipinski definition) is 1. The molecule has 108 valence electrons. The summed E-state index contributed by atoms with van der Waals surface area (Å²) in [7, 11) is 3.63. The molecule has 0 bridgehead atoms. The summed E-state index contributed by atoms with van der Waals surface area (Å²) >= 11 is 0. The van der Waals surface area contributed by atoms with Crippen LogP contribution in [0.5, 0.6) is 5.88 Å². The number of piperidine rings is 1. The number of likely N-dealkylation sites (tertiary alicyclic amines) is 1. The van der Waals surface area contributed by atoms with Gasteiger partial charge in [0.25, 0.3) is 0 Å². The Hall–Kier alpha value is -1.07. The van der Waals surface area contributed by atoms with Crippen molar-refractivity contribution < 1.29 is 4.74 Å². The van der Waals surface area contributed by atoms with Gasteiger partial charge in [-0.2, -0.15) is 5.10 Å². The fourth-order valence-corrected chi connectivity index (χ4v) is 3.07. The lowest BCUT2D eigenvalue weighted by atomic mass is 9.92. The SMILES string of the molecule is COc1c(CN2CCC(C)CC2CN)c(C)nn1C. The molecule has 0 amide bonds. The van der Waals surface area contributed by atoms with Crippen LogP contribution < -0.4 is 10.5 Å². The second-order valence-electron chi connectivity index (χ2n) is 5.69. The molecule has 1 aromatic rings. The van der Waals surface area contributed by atoms with Crippen LogP contribution >= 0.6 is 0 Å². The van der Waals surface area contributed by atoms with Crippen molar-refractivity contribution in [1.82, 2.24) is 14.7 Å². The highest BCUT2D eigenvalue weighted by Gasteiger charge is 2.27. The largest absolute Gasteiger partial charge is 0.481 e. The Bertz CT molecular complexity index is 429. The van der Waals surface area contributed by atoms with Crippen LogP contribution in [-0.2, 0) is 13.6 Å². The first kappa shape index (κ1) is 14.3. The molecule has 2 unspecified atom stereocenters. The minimum Gasteiger partial charge on any atom is -0.481 e. The van der Waals surface area contributed by atoms with Gasteiger partial charge in [-0.05, 0) is 32.2 Å². The quantitative estimate of drug-likeness (QED) is 0.892. The van der Waals surface area contributed by atoms with Crippen molar-refractivity contribution in [2.24, 2.45) is 18.7 Å². The van der Waals surface area contributed by atoms with Crippen LogP contribution in [0.25, 0.3) is 0 Å². The summed E-state index contributed by atoms with van der Waals surface area (Å²) in [6.45, 7) is 7.09. The average molecular weight is 266 g/mol. The average Bonchev–Trinajstić information content (AvgIpc) is 2.65. The summed E-state index contributed by atoms with van der Waals surface area (Å²) in [4.78, 5) is 2.48. The van der Waals surface area contributed by atoms with Crippen LogP contribution in [0.4, 0.5) is 0 Å². The van der Waals surface area contributed by atoms with E-state index in [1.807, 2.05) is 18.7 Å². The van der Waals surface area contributed by atoms with Crippen LogP contribution in [0.1, 0.15) is 31.0 Å². The van der Waals surface area contributed by atoms with Gasteiger partial charge in [0.1, 0.15) is 0 Å². The fraction of sp³-hybridized carbons (Fsp3) is 0.786. The van der Waals surface area contributed by atoms with Crippen molar-refractivity contribution in [2.75, 3.05) is 20.2 Å². The van der Waals surface area contributed by atoms with E-state index in [0.717, 1.165) is 37.1 Å². The molecule has 1 aliphatic rings. The standard InChI is InChI=1S/C14H26N4O/c1-10-5-6-18(12(7-10)8-15)9-13-11(2)16-17(3)14(13)19-4/h10,12H,5-9,15H2,1-4H3. The highest BCUT2D eigenvalue weighted by atomic mass is 16.5. The number of nitrogens with zero attached hydrogens (tertiary/aromatic N) is 3. The van der Waals surface area contributed by atoms with Crippen LogP contribution in [0.3, 0.4) is 0 Å². The topological polar surface area (TPSA) is 56.3 Å². The normalized spacial score (nSPS) is 24.7. The third-order valence-electron chi connectivity index (χ3n) is 4.22. The minimum atomic E-state index is 0.480. The van der Waals surface area contributed by atoms with E-state index in [0.29, 0.717) is 6.04 Å². The molecular formula is C14H26N4O. The number of methoxy groups -OCH3 is 1. The summed E-state index contributed by atoms with van der Waals surface area (Å²) in [5.74, 6) is 1.65. The van der Waals surface area contributed by atoms with Crippen LogP contribution in [0, 0.1) is 12.8 Å². The second kappa shape index (κ2) is 5.92. The number of hydrogen-bond acceptors (Lipinski definition) is 4. The van der Waals surface area contributed by atoms with Crippen molar-refractivity contribution in [3.8, 4) is 5.88 Å². The predicted molar refractivity (Wildman–Crippen MR) is 76.1 cm³/mol. The first-order valence-corrected chi connectivity index (χ1v) is 7.07. The van der Waals surface area contributed by atoms with Crippen molar-refractivity contribution in [3.05, 3.63) is 11.3 Å². The summed E-state index contributed by atoms with van der Waals surface area (Å²) in [6, 6.07) is 0.480. The van der Waals surface area contributed by atoms with Gasteiger partial charge in [-0.3, -0.25) is 4.90 Å². The zero-order valence-electron chi connectivity index (χ0n) is 12.5. The number of ether oxygens (including phenoxy) is 1. The predicted octanol–water partition coefficient (Wildman–Crippen LogP) is 1.30. The van der Waals surface area contributed by atoms with Crippen LogP contribution in [-0.4, -0.2) is 40.9 Å². The first-order valence-electron chi connectivity index (χ1n) is 7.07. The maximum absolute atomic E-state index is 5.93. The molecule has 5 nitrogen and oxygen atoms in total. The third kappa shape index (κ3) is 2.92. The molecular weight excluding hydrogens is 240 g/mol. The lowest BCUT2D eigenvalue weighted by molar-refractivity contribution is 0.114. The first-order chi connectivity index (χ1) is 9.06. The van der Waals surface area contributed by atoms with E-state index < -0.39 is 0 Å². The molecule has 2 heterocycles. The molecule has 1 fully saturated rings. The molecule has 1 saturated heterocycles. The Kier molecular flexibility index (Phi) is 4.47. The number of aromatic nitrogens is 2. The van der Waals surface area contributed by atoms with Crippen molar-refractivity contribution in [3.63, 3.8) is 0 Å². The van der Waals surface area contributed by atoms with Gasteiger partial charge in [-0.25, -0.2) is 4.68 Å². The molecule has 19 heavy (non-hydrogen) atoms. The maximum atomic E-state index is 5.93. The molecule has 0 aromatic carbocycles. The van der Waals surface area contributed by atoms with Crippen molar-refractivity contribution >= 4 is 0 Å². The van der Waals surface area contributed by atoms with Gasteiger partial charge in [0, 0.05) is 26.2 Å². The minimum absolute atomic E-state index is 0.480. The van der Waals surface area contributed by atoms with E-state index in [-0.39, 0.29) is 0 Å². The number of nitrogens with two attached hydrogens (primary N) is 1. The number of rotatable bonds is 4. The summed E-state index contributed by atoms with van der Waals surface area (Å²) in [5.41, 5.74) is 8.17. The van der Waals surface area contributed by atoms with E-state index in [1.54, 1.807) is 7.11 Å². The highest BCUT2D eigenvalue weighted by molar-refractivity contribution is 5.30. The smallest absolute Gasteiger partial charge is 0.216 e. The maximum Gasteiger partial charge on any atom is 0.216 e. The molecule has 0 radical (unpaired) electrons. The molecule has 0 saturated carbocycles. The van der Waals surface area contributed by atoms with Crippen molar-refractivity contribution in [1.29, 1.82) is 0 Å². The van der Waals surface area contributed by atoms with E-state index in [4.69, 9.17) is 10.5 Å². The summed E-state index contributed by atoms with van der Waals surface area (Å²) in [5, 5.41) is 4.45. The number of aryl methyl sites for hydroxylation is 2. The second-order valence-corrected chi connectivity index (χ2v) is 5.69. The van der Waals surface area contributed by atoms with E-state index in [9.17, 15) is 0 Å². The Morgan fingerprint density at radius 2 is 2.21 bits per heavy atom. The van der Waals surface area contributed by atoms with Gasteiger partial charge in [-0.1, -0.05) is 6.92 Å². The molecule has 2 N–H and O–H groups in total. The van der Waals surface area contributed by atoms with E-state index >= 15 is 0 Å². The highest BCUT2D eigenvalue weighted by Crippen LogP contribution is 2.28. The lowest BCUT2D eigenvalue weighted by Crippen LogP contribution is -2.45. The van der Waals surface area contributed by atoms with E-state index in [2.05, 4.69) is 16.9 Å². The molecule has 0 aliphatic carbocycles. The Morgan fingerprint density at radius 1 is 1.47 bits per heavy atom. The Morgan fingerprint density at radius 3 is 2.84 bits per heavy atom. The van der Waals surface area contributed by atoms with Gasteiger partial charge in [-0.15, -0.1) is 0 Å². The summed E-state index contributed by atoms with van der Waals surface area (Å²) < 4.78 is 7.29. The van der Waals surface area contributed by atoms with Gasteiger partial charge < -0.3 is 10.5 Å². The monoisotopic (exact) mass is 266 g/mol. The molecule has 2 atom stereocenters. The Labute approximate surface area is 115 Å². The third-order valence-corrected chi connectivity index (χ3v) is 4.22. The summed E-state index contributed by atoms with van der Waals surface area (Å²) in [6.07, 6.45) is 2.44. The van der Waals surface area contributed by atoms with Gasteiger partial charge in [0.2, 0.25) is 5.88 Å². The molecule has 2 rings (SSSR count). The van der Waals surface area contributed by atoms with Crippen molar-refractivity contribution in [2.45, 2.75) is 39.3 Å². The molecule has 1 aliphatic heterocycles. The zero-order chi connectivity index (χ0) is 14.0. The fourth-order valence-electron chi connectivity index (χ4n) is 3.07. The zero-order valence-corrected chi connectivity index (χ0v) is 12.5. The van der Waals surface area contributed by atoms with Crippen LogP contribution in [0.15, 0.2) is 0 Å². The molecule has 5 heteroatoms. The van der Waals surface area contributed by atoms with Crippen LogP contribution in [0.2, 0.25) is 0 Å². The lowest BCUT2D eigenvalue weighted by Gasteiger charge is -2.37. The van der Waals surface area contributed by atoms with Gasteiger partial charge in [0.05, 0.1) is 18.4 Å².